The van der Waals surface area contributed by atoms with E-state index in [9.17, 15) is 10.2 Å². The van der Waals surface area contributed by atoms with Gasteiger partial charge in [-0.1, -0.05) is 90.4 Å². The van der Waals surface area contributed by atoms with Crippen LogP contribution in [0.25, 0.3) is 0 Å². The molecule has 0 heterocycles. The lowest BCUT2D eigenvalue weighted by atomic mass is 10.1. The van der Waals surface area contributed by atoms with Gasteiger partial charge in [0.2, 0.25) is 0 Å². The first kappa shape index (κ1) is 17.5. The molecular formula is C24H18O2. The molecule has 0 aliphatic heterocycles. The summed E-state index contributed by atoms with van der Waals surface area (Å²) in [7, 11) is 0. The van der Waals surface area contributed by atoms with Crippen molar-refractivity contribution >= 4 is 0 Å². The minimum Gasteiger partial charge on any atom is -0.376 e. The molecule has 0 saturated heterocycles. The fourth-order valence-corrected chi connectivity index (χ4v) is 2.42. The molecule has 3 rings (SSSR count). The zero-order valence-corrected chi connectivity index (χ0v) is 14.1. The summed E-state index contributed by atoms with van der Waals surface area (Å²) in [5.41, 5.74) is 3.06. The van der Waals surface area contributed by atoms with E-state index in [1.807, 2.05) is 84.9 Å². The summed E-state index contributed by atoms with van der Waals surface area (Å²) in [5, 5.41) is 20.2. The third-order valence-electron chi connectivity index (χ3n) is 3.80. The van der Waals surface area contributed by atoms with Crippen molar-refractivity contribution in [1.82, 2.24) is 0 Å². The van der Waals surface area contributed by atoms with Gasteiger partial charge in [0, 0.05) is 11.1 Å². The SMILES string of the molecule is OC(C#Cc1cccc(C#CC(O)c2ccccc2)c1)c1ccccc1. The minimum atomic E-state index is -0.828. The highest BCUT2D eigenvalue weighted by Crippen LogP contribution is 2.12. The van der Waals surface area contributed by atoms with Crippen LogP contribution in [0, 0.1) is 23.7 Å². The van der Waals surface area contributed by atoms with E-state index in [-0.39, 0.29) is 0 Å². The van der Waals surface area contributed by atoms with Gasteiger partial charge < -0.3 is 10.2 Å². The number of aliphatic hydroxyl groups is 2. The van der Waals surface area contributed by atoms with Gasteiger partial charge >= 0.3 is 0 Å². The Bertz CT molecular complexity index is 892. The normalized spacial score (nSPS) is 12.1. The highest BCUT2D eigenvalue weighted by Gasteiger charge is 2.02. The second kappa shape index (κ2) is 8.70. The topological polar surface area (TPSA) is 40.5 Å². The van der Waals surface area contributed by atoms with Gasteiger partial charge in [-0.25, -0.2) is 0 Å². The van der Waals surface area contributed by atoms with Gasteiger partial charge in [-0.2, -0.15) is 0 Å². The van der Waals surface area contributed by atoms with Crippen molar-refractivity contribution in [1.29, 1.82) is 0 Å². The van der Waals surface area contributed by atoms with Crippen molar-refractivity contribution in [2.24, 2.45) is 0 Å². The Kier molecular flexibility index (Phi) is 5.86. The molecule has 2 unspecified atom stereocenters. The summed E-state index contributed by atoms with van der Waals surface area (Å²) in [4.78, 5) is 0. The molecular weight excluding hydrogens is 320 g/mol. The zero-order valence-electron chi connectivity index (χ0n) is 14.1. The van der Waals surface area contributed by atoms with Gasteiger partial charge in [-0.05, 0) is 29.3 Å². The van der Waals surface area contributed by atoms with Gasteiger partial charge in [-0.15, -0.1) is 0 Å². The van der Waals surface area contributed by atoms with Crippen LogP contribution in [0.2, 0.25) is 0 Å². The Morgan fingerprint density at radius 1 is 0.538 bits per heavy atom. The molecule has 2 N–H and O–H groups in total. The molecule has 0 aromatic heterocycles. The molecule has 0 aliphatic carbocycles. The number of hydrogen-bond acceptors (Lipinski definition) is 2. The first-order valence-corrected chi connectivity index (χ1v) is 8.31. The molecule has 3 aromatic carbocycles. The maximum atomic E-state index is 10.1. The largest absolute Gasteiger partial charge is 0.376 e. The second-order valence-corrected chi connectivity index (χ2v) is 5.75. The van der Waals surface area contributed by atoms with Crippen LogP contribution in [0.4, 0.5) is 0 Å². The first-order valence-electron chi connectivity index (χ1n) is 8.31. The number of benzene rings is 3. The van der Waals surface area contributed by atoms with E-state index in [1.165, 1.54) is 0 Å². The molecule has 0 radical (unpaired) electrons. The van der Waals surface area contributed by atoms with Gasteiger partial charge in [0.15, 0.2) is 0 Å². The van der Waals surface area contributed by atoms with Crippen LogP contribution >= 0.6 is 0 Å². The van der Waals surface area contributed by atoms with Gasteiger partial charge in [-0.3, -0.25) is 0 Å². The summed E-state index contributed by atoms with van der Waals surface area (Å²) < 4.78 is 0. The van der Waals surface area contributed by atoms with Crippen LogP contribution in [0.1, 0.15) is 34.5 Å². The monoisotopic (exact) mass is 338 g/mol. The summed E-state index contributed by atoms with van der Waals surface area (Å²) >= 11 is 0. The summed E-state index contributed by atoms with van der Waals surface area (Å²) in [6.45, 7) is 0. The van der Waals surface area contributed by atoms with Crippen molar-refractivity contribution in [3.63, 3.8) is 0 Å². The van der Waals surface area contributed by atoms with Crippen LogP contribution in [0.15, 0.2) is 84.9 Å². The second-order valence-electron chi connectivity index (χ2n) is 5.75. The Balaban J connectivity index is 1.74. The van der Waals surface area contributed by atoms with Crippen molar-refractivity contribution in [3.8, 4) is 23.7 Å². The quantitative estimate of drug-likeness (QED) is 0.697. The van der Waals surface area contributed by atoms with Crippen LogP contribution in [-0.4, -0.2) is 10.2 Å². The molecule has 2 nitrogen and oxygen atoms in total. The van der Waals surface area contributed by atoms with E-state index in [0.29, 0.717) is 0 Å². The zero-order chi connectivity index (χ0) is 18.2. The van der Waals surface area contributed by atoms with E-state index >= 15 is 0 Å². The minimum absolute atomic E-state index is 0.765. The molecule has 0 spiro atoms. The lowest BCUT2D eigenvalue weighted by Gasteiger charge is -2.02. The maximum Gasteiger partial charge on any atom is 0.140 e. The third kappa shape index (κ3) is 4.85. The smallest absolute Gasteiger partial charge is 0.140 e. The van der Waals surface area contributed by atoms with Crippen LogP contribution in [0.3, 0.4) is 0 Å². The molecule has 2 heteroatoms. The first-order chi connectivity index (χ1) is 12.7. The highest BCUT2D eigenvalue weighted by molar-refractivity contribution is 5.45. The number of aliphatic hydroxyl groups excluding tert-OH is 2. The Morgan fingerprint density at radius 2 is 0.962 bits per heavy atom. The Hall–Kier alpha value is -3.30. The van der Waals surface area contributed by atoms with E-state index in [1.54, 1.807) is 0 Å². The summed E-state index contributed by atoms with van der Waals surface area (Å²) in [6, 6.07) is 26.1. The van der Waals surface area contributed by atoms with E-state index in [0.717, 1.165) is 22.3 Å². The molecule has 0 fully saturated rings. The van der Waals surface area contributed by atoms with E-state index in [4.69, 9.17) is 0 Å². The van der Waals surface area contributed by atoms with Crippen LogP contribution < -0.4 is 0 Å². The van der Waals surface area contributed by atoms with Crippen LogP contribution in [-0.2, 0) is 0 Å². The van der Waals surface area contributed by atoms with Crippen molar-refractivity contribution < 1.29 is 10.2 Å². The molecule has 2 atom stereocenters. The standard InChI is InChI=1S/C24H18O2/c25-23(21-10-3-1-4-11-21)16-14-19-8-7-9-20(18-19)15-17-24(26)22-12-5-2-6-13-22/h1-13,18,23-26H. The molecule has 0 saturated carbocycles. The molecule has 0 aliphatic rings. The Morgan fingerprint density at radius 3 is 1.38 bits per heavy atom. The average molecular weight is 338 g/mol. The fraction of sp³-hybridized carbons (Fsp3) is 0.0833. The molecule has 0 amide bonds. The predicted octanol–water partition coefficient (Wildman–Crippen LogP) is 3.86. The van der Waals surface area contributed by atoms with Crippen LogP contribution in [0.5, 0.6) is 0 Å². The van der Waals surface area contributed by atoms with Crippen molar-refractivity contribution in [2.45, 2.75) is 12.2 Å². The van der Waals surface area contributed by atoms with E-state index < -0.39 is 12.2 Å². The third-order valence-corrected chi connectivity index (χ3v) is 3.80. The van der Waals surface area contributed by atoms with Gasteiger partial charge in [0.25, 0.3) is 0 Å². The lowest BCUT2D eigenvalue weighted by Crippen LogP contribution is -1.93. The van der Waals surface area contributed by atoms with Gasteiger partial charge in [0.05, 0.1) is 0 Å². The van der Waals surface area contributed by atoms with Crippen molar-refractivity contribution in [2.75, 3.05) is 0 Å². The number of rotatable bonds is 2. The summed E-state index contributed by atoms with van der Waals surface area (Å²) in [5.74, 6) is 11.6. The fourth-order valence-electron chi connectivity index (χ4n) is 2.42. The Labute approximate surface area is 153 Å². The predicted molar refractivity (Wildman–Crippen MR) is 103 cm³/mol. The average Bonchev–Trinajstić information content (AvgIpc) is 2.72. The summed E-state index contributed by atoms with van der Waals surface area (Å²) in [6.07, 6.45) is -1.66. The number of hydrogen-bond donors (Lipinski definition) is 2. The highest BCUT2D eigenvalue weighted by atomic mass is 16.3. The molecule has 26 heavy (non-hydrogen) atoms. The molecule has 126 valence electrons. The maximum absolute atomic E-state index is 10.1. The van der Waals surface area contributed by atoms with Gasteiger partial charge in [0.1, 0.15) is 12.2 Å². The van der Waals surface area contributed by atoms with Crippen molar-refractivity contribution in [3.05, 3.63) is 107 Å². The molecule has 3 aromatic rings. The molecule has 0 bridgehead atoms. The van der Waals surface area contributed by atoms with E-state index in [2.05, 4.69) is 23.7 Å². The lowest BCUT2D eigenvalue weighted by molar-refractivity contribution is 0.238.